The second kappa shape index (κ2) is 7.37. The number of hydrogen-bond donors (Lipinski definition) is 4. The third-order valence-corrected chi connectivity index (χ3v) is 5.24. The molecule has 0 aliphatic heterocycles. The van der Waals surface area contributed by atoms with Gasteiger partial charge >= 0.3 is 0 Å². The van der Waals surface area contributed by atoms with Crippen LogP contribution >= 0.6 is 11.3 Å². The molecule has 25 heavy (non-hydrogen) atoms. The molecule has 0 saturated heterocycles. The van der Waals surface area contributed by atoms with Gasteiger partial charge in [-0.05, 0) is 31.9 Å². The minimum absolute atomic E-state index is 0.0137. The van der Waals surface area contributed by atoms with Crippen molar-refractivity contribution < 1.29 is 9.18 Å². The maximum atomic E-state index is 14.4. The molecule has 2 aromatic heterocycles. The summed E-state index contributed by atoms with van der Waals surface area (Å²) in [5, 5.41) is 8.05. The number of nitrogens with two attached hydrogens (primary N) is 2. The Morgan fingerprint density at radius 1 is 1.32 bits per heavy atom. The minimum atomic E-state index is -0.734. The second-order valence-electron chi connectivity index (χ2n) is 6.35. The van der Waals surface area contributed by atoms with E-state index in [4.69, 9.17) is 11.5 Å². The van der Waals surface area contributed by atoms with Gasteiger partial charge in [0.2, 0.25) is 0 Å². The number of carbonyl (C=O) groups is 1. The van der Waals surface area contributed by atoms with Crippen LogP contribution in [0.5, 0.6) is 0 Å². The van der Waals surface area contributed by atoms with E-state index >= 15 is 0 Å². The van der Waals surface area contributed by atoms with Crippen molar-refractivity contribution in [3.63, 3.8) is 0 Å². The van der Waals surface area contributed by atoms with Crippen molar-refractivity contribution in [2.24, 2.45) is 11.5 Å². The van der Waals surface area contributed by atoms with Crippen LogP contribution in [0.4, 0.5) is 21.7 Å². The van der Waals surface area contributed by atoms with Crippen molar-refractivity contribution in [1.29, 1.82) is 0 Å². The van der Waals surface area contributed by atoms with Gasteiger partial charge in [0.25, 0.3) is 5.91 Å². The van der Waals surface area contributed by atoms with E-state index in [1.165, 1.54) is 0 Å². The van der Waals surface area contributed by atoms with Crippen molar-refractivity contribution in [1.82, 2.24) is 4.98 Å². The van der Waals surface area contributed by atoms with Gasteiger partial charge < -0.3 is 22.1 Å². The molecule has 2 aromatic rings. The number of aromatic nitrogens is 1. The molecule has 6 N–H and O–H groups in total. The predicted molar refractivity (Wildman–Crippen MR) is 98.9 cm³/mol. The van der Waals surface area contributed by atoms with Gasteiger partial charge in [0.1, 0.15) is 5.82 Å². The van der Waals surface area contributed by atoms with Gasteiger partial charge in [-0.3, -0.25) is 4.79 Å². The Morgan fingerprint density at radius 3 is 2.72 bits per heavy atom. The first kappa shape index (κ1) is 17.6. The van der Waals surface area contributed by atoms with Crippen molar-refractivity contribution >= 4 is 34.6 Å². The van der Waals surface area contributed by atoms with E-state index in [0.717, 1.165) is 42.3 Å². The molecule has 0 unspecified atom stereocenters. The number of nitrogens with one attached hydrogen (secondary N) is 2. The zero-order chi connectivity index (χ0) is 18.0. The summed E-state index contributed by atoms with van der Waals surface area (Å²) in [4.78, 5) is 17.0. The first-order valence-electron chi connectivity index (χ1n) is 8.28. The van der Waals surface area contributed by atoms with Gasteiger partial charge in [0, 0.05) is 22.3 Å². The number of rotatable bonds is 5. The van der Waals surface area contributed by atoms with E-state index < -0.39 is 11.7 Å². The molecule has 8 heteroatoms. The monoisotopic (exact) mass is 363 g/mol. The number of amides is 1. The fourth-order valence-corrected chi connectivity index (χ4v) is 3.67. The molecule has 2 atom stereocenters. The van der Waals surface area contributed by atoms with E-state index in [1.54, 1.807) is 11.3 Å². The summed E-state index contributed by atoms with van der Waals surface area (Å²) in [5.74, 6) is -1.03. The molecule has 1 amide bonds. The lowest BCUT2D eigenvalue weighted by Crippen LogP contribution is -2.43. The van der Waals surface area contributed by atoms with Crippen LogP contribution in [-0.4, -0.2) is 23.0 Å². The van der Waals surface area contributed by atoms with Gasteiger partial charge in [-0.1, -0.05) is 12.8 Å². The maximum absolute atomic E-state index is 14.4. The SMILES string of the molecule is Cc1cc(Nc2nc(N[C@@H]3CCCC[C@@H]3N)c(F)cc2C(N)=O)cs1. The standard InChI is InChI=1S/C17H22FN5OS/c1-9-6-10(8-25-9)21-16-11(15(20)24)7-12(18)17(23-16)22-14-5-3-2-4-13(14)19/h6-8,13-14H,2-5,19H2,1H3,(H2,20,24)(H2,21,22,23)/t13-,14+/m0/s1. The first-order chi connectivity index (χ1) is 11.9. The molecule has 1 fully saturated rings. The maximum Gasteiger partial charge on any atom is 0.252 e. The fraction of sp³-hybridized carbons (Fsp3) is 0.412. The molecule has 2 heterocycles. The van der Waals surface area contributed by atoms with Gasteiger partial charge in [0.15, 0.2) is 11.6 Å². The topological polar surface area (TPSA) is 106 Å². The van der Waals surface area contributed by atoms with Crippen molar-refractivity contribution in [2.75, 3.05) is 10.6 Å². The number of pyridine rings is 1. The molecule has 0 radical (unpaired) electrons. The third-order valence-electron chi connectivity index (χ3n) is 4.38. The summed E-state index contributed by atoms with van der Waals surface area (Å²) in [6.45, 7) is 1.97. The lowest BCUT2D eigenvalue weighted by molar-refractivity contribution is 0.100. The Balaban J connectivity index is 1.90. The van der Waals surface area contributed by atoms with Gasteiger partial charge in [-0.25, -0.2) is 9.37 Å². The van der Waals surface area contributed by atoms with Gasteiger partial charge in [-0.15, -0.1) is 11.3 Å². The van der Waals surface area contributed by atoms with Crippen molar-refractivity contribution in [3.05, 3.63) is 33.8 Å². The largest absolute Gasteiger partial charge is 0.365 e. The molecular formula is C17H22FN5OS. The molecular weight excluding hydrogens is 341 g/mol. The zero-order valence-corrected chi connectivity index (χ0v) is 14.8. The van der Waals surface area contributed by atoms with E-state index in [1.807, 2.05) is 18.4 Å². The summed E-state index contributed by atoms with van der Waals surface area (Å²) in [5.41, 5.74) is 12.3. The lowest BCUT2D eigenvalue weighted by Gasteiger charge is -2.30. The van der Waals surface area contributed by atoms with Crippen LogP contribution in [0.3, 0.4) is 0 Å². The molecule has 3 rings (SSSR count). The number of nitrogens with zero attached hydrogens (tertiary/aromatic N) is 1. The summed E-state index contributed by atoms with van der Waals surface area (Å²) in [6, 6.07) is 2.96. The van der Waals surface area contributed by atoms with Crippen LogP contribution < -0.4 is 22.1 Å². The molecule has 0 spiro atoms. The summed E-state index contributed by atoms with van der Waals surface area (Å²) < 4.78 is 14.4. The molecule has 0 aromatic carbocycles. The number of primary amides is 1. The highest BCUT2D eigenvalue weighted by molar-refractivity contribution is 7.10. The second-order valence-corrected chi connectivity index (χ2v) is 7.46. The number of carbonyl (C=O) groups excluding carboxylic acids is 1. The van der Waals surface area contributed by atoms with Crippen molar-refractivity contribution in [2.45, 2.75) is 44.7 Å². The molecule has 134 valence electrons. The Kier molecular flexibility index (Phi) is 5.19. The van der Waals surface area contributed by atoms with E-state index in [0.29, 0.717) is 0 Å². The van der Waals surface area contributed by atoms with Crippen LogP contribution in [0.15, 0.2) is 17.5 Å². The number of halogens is 1. The van der Waals surface area contributed by atoms with Crippen LogP contribution in [0.1, 0.15) is 40.9 Å². The summed E-state index contributed by atoms with van der Waals surface area (Å²) in [6.07, 6.45) is 3.90. The number of hydrogen-bond acceptors (Lipinski definition) is 6. The van der Waals surface area contributed by atoms with Gasteiger partial charge in [-0.2, -0.15) is 0 Å². The molecule has 6 nitrogen and oxygen atoms in total. The minimum Gasteiger partial charge on any atom is -0.365 e. The molecule has 1 aliphatic rings. The Hall–Kier alpha value is -2.19. The quantitative estimate of drug-likeness (QED) is 0.653. The molecule has 0 bridgehead atoms. The van der Waals surface area contributed by atoms with Crippen LogP contribution in [0, 0.1) is 12.7 Å². The summed E-state index contributed by atoms with van der Waals surface area (Å²) in [7, 11) is 0. The normalized spacial score (nSPS) is 20.3. The van der Waals surface area contributed by atoms with Crippen molar-refractivity contribution in [3.8, 4) is 0 Å². The van der Waals surface area contributed by atoms with Crippen LogP contribution in [0.25, 0.3) is 0 Å². The Bertz CT molecular complexity index is 778. The van der Waals surface area contributed by atoms with Crippen LogP contribution in [0.2, 0.25) is 0 Å². The smallest absolute Gasteiger partial charge is 0.252 e. The van der Waals surface area contributed by atoms with E-state index in [9.17, 15) is 9.18 Å². The highest BCUT2D eigenvalue weighted by Crippen LogP contribution is 2.28. The highest BCUT2D eigenvalue weighted by atomic mass is 32.1. The molecule has 1 saturated carbocycles. The third kappa shape index (κ3) is 4.08. The zero-order valence-electron chi connectivity index (χ0n) is 14.0. The van der Waals surface area contributed by atoms with Gasteiger partial charge in [0.05, 0.1) is 11.3 Å². The number of anilines is 3. The number of thiophene rings is 1. The lowest BCUT2D eigenvalue weighted by atomic mass is 9.91. The Labute approximate surface area is 149 Å². The van der Waals surface area contributed by atoms with Crippen LogP contribution in [-0.2, 0) is 0 Å². The number of aryl methyl sites for hydroxylation is 1. The first-order valence-corrected chi connectivity index (χ1v) is 9.16. The van der Waals surface area contributed by atoms with E-state index in [2.05, 4.69) is 15.6 Å². The Morgan fingerprint density at radius 2 is 2.08 bits per heavy atom. The summed E-state index contributed by atoms with van der Waals surface area (Å²) >= 11 is 1.56. The predicted octanol–water partition coefficient (Wildman–Crippen LogP) is 3.11. The highest BCUT2D eigenvalue weighted by Gasteiger charge is 2.24. The fourth-order valence-electron chi connectivity index (χ4n) is 3.03. The average Bonchev–Trinajstić information content (AvgIpc) is 2.97. The average molecular weight is 363 g/mol. The molecule has 1 aliphatic carbocycles. The van der Waals surface area contributed by atoms with E-state index in [-0.39, 0.29) is 29.3 Å².